The van der Waals surface area contributed by atoms with E-state index in [1.807, 2.05) is 0 Å². The SMILES string of the molecule is C=C1CC(CC[C@]23C[C@H]4OC5(O2)C2[C@@H](O[C@H]6CCC(CC(=O)C[C@H]7COC(CC(O)CNC(=O)OCc8ccc(NC(=O)C(CCCNC(N)=O)NC(=O)[C@@H](NC(=O)CCOCCOCCN9C(=O)C=CC9=O)C(C)C)cc8)[C@@H]7OC)O[C@@H]6[C@@H]2O3)C45)OC1CCC1C[C@@H](C)C(=C)[C@@H](C)O1. The maximum Gasteiger partial charge on any atom is 0.407 e. The predicted octanol–water partition coefficient (Wildman–Crippen LogP) is 4.22. The summed E-state index contributed by atoms with van der Waals surface area (Å²) in [4.78, 5) is 103. The van der Waals surface area contributed by atoms with E-state index in [1.165, 1.54) is 12.2 Å². The molecule has 10 heterocycles. The molecule has 1 aromatic rings. The maximum absolute atomic E-state index is 13.9. The largest absolute Gasteiger partial charge is 0.445 e. The summed E-state index contributed by atoms with van der Waals surface area (Å²) in [6.07, 6.45) is 6.40. The molecule has 1 saturated carbocycles. The van der Waals surface area contributed by atoms with Crippen LogP contribution < -0.4 is 32.3 Å². The lowest BCUT2D eigenvalue weighted by atomic mass is 9.51. The van der Waals surface area contributed by atoms with Crippen molar-refractivity contribution >= 4 is 53.1 Å². The number of carbonyl (C=O) groups excluding carboxylic acids is 8. The summed E-state index contributed by atoms with van der Waals surface area (Å²) in [5.74, 6) is -4.18. The number of primary amides is 1. The van der Waals surface area contributed by atoms with Crippen LogP contribution in [0.15, 0.2) is 60.7 Å². The Morgan fingerprint density at radius 2 is 1.59 bits per heavy atom. The van der Waals surface area contributed by atoms with Gasteiger partial charge in [-0.3, -0.25) is 33.7 Å². The first-order valence-electron chi connectivity index (χ1n) is 35.5. The van der Waals surface area contributed by atoms with Crippen molar-refractivity contribution in [1.82, 2.24) is 26.2 Å². The number of ketones is 1. The molecule has 11 aliphatic rings. The Morgan fingerprint density at radius 1 is 0.818 bits per heavy atom. The number of amides is 8. The van der Waals surface area contributed by atoms with E-state index in [2.05, 4.69) is 53.6 Å². The molecule has 99 heavy (non-hydrogen) atoms. The normalized spacial score (nSPS) is 34.0. The number of nitrogens with one attached hydrogen (secondary N) is 5. The van der Waals surface area contributed by atoms with Crippen molar-refractivity contribution in [2.24, 2.45) is 35.3 Å². The number of rotatable bonds is 36. The highest BCUT2D eigenvalue weighted by Crippen LogP contribution is 2.73. The van der Waals surface area contributed by atoms with E-state index in [0.717, 1.165) is 54.6 Å². The molecule has 546 valence electrons. The lowest BCUT2D eigenvalue weighted by molar-refractivity contribution is -0.620. The standard InChI is InChI=1S/C71H101N7O21/c1-38(2)61(77-56(81)21-25-89-27-28-90-26-24-78-57(82)18-19-58(78)83)67(85)76-51(9-8-23-73-68(72)86)66(84)75-45-12-10-43(11-13-45)36-92-69(87)74-35-47(80)33-54-62(88-7)44(37-91-54)31-46(79)32-49-15-17-53-63(95-49)65-60-64(96-53)59-55-34-70(98-65,99-71(59,60)97-55)22-20-50-30-40(4)52(94-50)16-14-48-29-39(3)41(5)42(6)93-48/h10-13,18-19,38-39,42,44,47-55,59-65,80H,4-5,8-9,14-17,20-37H2,1-3,6-7H3,(H,74,87)(H,75,84)(H,76,85)(H,77,81)(H3,72,73,86)/t39-,42-,44+,47?,48?,49?,50?,51?,52?,53+,54?,55-,59?,60?,61+,62-,63+,64+,65-,70-,71?/m1/s1. The lowest BCUT2D eigenvalue weighted by Crippen LogP contribution is -2.93. The van der Waals surface area contributed by atoms with Crippen molar-refractivity contribution in [3.8, 4) is 0 Å². The van der Waals surface area contributed by atoms with Crippen LogP contribution in [-0.2, 0) is 92.2 Å². The highest BCUT2D eigenvalue weighted by molar-refractivity contribution is 6.12. The molecule has 10 aliphatic heterocycles. The minimum absolute atomic E-state index is 0.00727. The summed E-state index contributed by atoms with van der Waals surface area (Å²) in [6, 6.07) is 3.60. The average Bonchev–Trinajstić information content (AvgIpc) is 0.909. The summed E-state index contributed by atoms with van der Waals surface area (Å²) in [7, 11) is 1.56. The lowest BCUT2D eigenvalue weighted by Gasteiger charge is -2.80. The van der Waals surface area contributed by atoms with E-state index >= 15 is 0 Å². The Hall–Kier alpha value is -6.28. The molecule has 28 nitrogen and oxygen atoms in total. The number of fused-ring (bicyclic) bond motifs is 2. The molecule has 1 spiro atoms. The molecular formula is C71H101N7O21. The van der Waals surface area contributed by atoms with Gasteiger partial charge in [-0.05, 0) is 105 Å². The van der Waals surface area contributed by atoms with Crippen molar-refractivity contribution in [3.05, 3.63) is 66.3 Å². The first-order valence-corrected chi connectivity index (χ1v) is 35.5. The van der Waals surface area contributed by atoms with Gasteiger partial charge in [0, 0.05) is 82.5 Å². The highest BCUT2D eigenvalue weighted by atomic mass is 16.8. The number of ether oxygens (including phenoxy) is 12. The Kier molecular flexibility index (Phi) is 24.5. The minimum Gasteiger partial charge on any atom is -0.445 e. The molecule has 12 rings (SSSR count). The van der Waals surface area contributed by atoms with Crippen molar-refractivity contribution in [2.45, 2.75) is 234 Å². The Balaban J connectivity index is 0.576. The second kappa shape index (κ2) is 32.8. The van der Waals surface area contributed by atoms with E-state index in [4.69, 9.17) is 62.6 Å². The zero-order valence-corrected chi connectivity index (χ0v) is 57.5. The van der Waals surface area contributed by atoms with Gasteiger partial charge in [0.25, 0.3) is 11.8 Å². The van der Waals surface area contributed by atoms with Crippen LogP contribution in [0.1, 0.15) is 130 Å². The van der Waals surface area contributed by atoms with Crippen LogP contribution in [0.3, 0.4) is 0 Å². The Morgan fingerprint density at radius 3 is 2.32 bits per heavy atom. The number of methoxy groups -OCH3 is 1. The third-order valence-electron chi connectivity index (χ3n) is 21.4. The summed E-state index contributed by atoms with van der Waals surface area (Å²) < 4.78 is 75.5. The number of imide groups is 1. The number of nitrogens with zero attached hydrogens (tertiary/aromatic N) is 1. The molecule has 8 amide bonds. The van der Waals surface area contributed by atoms with Gasteiger partial charge in [-0.1, -0.05) is 46.1 Å². The third kappa shape index (κ3) is 17.6. The van der Waals surface area contributed by atoms with Crippen LogP contribution in [0.4, 0.5) is 15.3 Å². The fourth-order valence-corrected chi connectivity index (χ4v) is 16.2. The van der Waals surface area contributed by atoms with Crippen LogP contribution >= 0.6 is 0 Å². The number of alkyl carbamates (subject to hydrolysis) is 1. The average molecular weight is 1390 g/mol. The number of urea groups is 1. The van der Waals surface area contributed by atoms with E-state index in [9.17, 15) is 43.5 Å². The molecule has 21 atom stereocenters. The fourth-order valence-electron chi connectivity index (χ4n) is 16.2. The number of anilines is 1. The van der Waals surface area contributed by atoms with E-state index in [-0.39, 0.29) is 188 Å². The molecule has 8 N–H and O–H groups in total. The van der Waals surface area contributed by atoms with Crippen molar-refractivity contribution in [3.63, 3.8) is 0 Å². The first kappa shape index (κ1) is 73.9. The van der Waals surface area contributed by atoms with Gasteiger partial charge in [-0.25, -0.2) is 9.59 Å². The zero-order chi connectivity index (χ0) is 70.3. The second-order valence-electron chi connectivity index (χ2n) is 28.7. The fraction of sp³-hybridized carbons (Fsp3) is 0.718. The molecule has 28 heteroatoms. The second-order valence-corrected chi connectivity index (χ2v) is 28.7. The van der Waals surface area contributed by atoms with Crippen molar-refractivity contribution in [2.75, 3.05) is 65.1 Å². The molecule has 0 radical (unpaired) electrons. The summed E-state index contributed by atoms with van der Waals surface area (Å²) in [5.41, 5.74) is 8.47. The molecule has 10 unspecified atom stereocenters. The molecule has 3 bridgehead atoms. The number of nitrogens with two attached hydrogens (primary N) is 1. The molecule has 9 saturated heterocycles. The number of Topliss-reactive ketones (excluding diaryl/α,β-unsaturated/α-hetero) is 1. The van der Waals surface area contributed by atoms with E-state index in [1.54, 1.807) is 45.2 Å². The van der Waals surface area contributed by atoms with Gasteiger partial charge in [0.05, 0.1) is 119 Å². The quantitative estimate of drug-likeness (QED) is 0.0281. The zero-order valence-electron chi connectivity index (χ0n) is 57.5. The van der Waals surface area contributed by atoms with Gasteiger partial charge in [-0.2, -0.15) is 0 Å². The van der Waals surface area contributed by atoms with Crippen LogP contribution in [-0.4, -0.2) is 220 Å². The smallest absolute Gasteiger partial charge is 0.407 e. The van der Waals surface area contributed by atoms with Crippen LogP contribution in [0.2, 0.25) is 0 Å². The molecule has 10 fully saturated rings. The Labute approximate surface area is 577 Å². The van der Waals surface area contributed by atoms with Gasteiger partial charge in [-0.15, -0.1) is 0 Å². The maximum atomic E-state index is 13.9. The van der Waals surface area contributed by atoms with Gasteiger partial charge >= 0.3 is 12.1 Å². The summed E-state index contributed by atoms with van der Waals surface area (Å²) in [6.45, 7) is 17.1. The summed E-state index contributed by atoms with van der Waals surface area (Å²) >= 11 is 0. The monoisotopic (exact) mass is 1390 g/mol. The Bertz CT molecular complexity index is 3100. The third-order valence-corrected chi connectivity index (χ3v) is 21.4. The van der Waals surface area contributed by atoms with Gasteiger partial charge in [0.15, 0.2) is 11.6 Å². The number of benzene rings is 1. The van der Waals surface area contributed by atoms with E-state index < -0.39 is 83.6 Å². The topological polar surface area (TPSA) is 357 Å². The molecule has 0 aromatic heterocycles. The first-order chi connectivity index (χ1) is 47.5. The van der Waals surface area contributed by atoms with Gasteiger partial charge < -0.3 is 94.3 Å². The van der Waals surface area contributed by atoms with Gasteiger partial charge in [0.1, 0.15) is 36.7 Å². The number of aliphatic hydroxyl groups excluding tert-OH is 1. The van der Waals surface area contributed by atoms with Crippen molar-refractivity contribution in [1.29, 1.82) is 0 Å². The molecule has 1 aromatic carbocycles. The molecular weight excluding hydrogens is 1290 g/mol. The van der Waals surface area contributed by atoms with E-state index in [0.29, 0.717) is 36.4 Å². The number of aliphatic hydroxyl groups is 1. The van der Waals surface area contributed by atoms with Crippen LogP contribution in [0.25, 0.3) is 0 Å². The number of hydrogen-bond acceptors (Lipinski definition) is 21. The van der Waals surface area contributed by atoms with Crippen LogP contribution in [0.5, 0.6) is 0 Å². The van der Waals surface area contributed by atoms with Crippen LogP contribution in [0, 0.1) is 29.6 Å². The predicted molar refractivity (Wildman–Crippen MR) is 352 cm³/mol. The summed E-state index contributed by atoms with van der Waals surface area (Å²) in [5, 5.41) is 24.4. The van der Waals surface area contributed by atoms with Gasteiger partial charge in [0.2, 0.25) is 17.7 Å². The number of hydrogen-bond donors (Lipinski definition) is 7. The molecule has 1 aliphatic carbocycles. The highest BCUT2D eigenvalue weighted by Gasteiger charge is 2.86. The minimum atomic E-state index is -1.09. The number of carbonyl (C=O) groups is 8. The van der Waals surface area contributed by atoms with Crippen molar-refractivity contribution < 1.29 is 100 Å².